The second kappa shape index (κ2) is 5.43. The lowest BCUT2D eigenvalue weighted by Crippen LogP contribution is -2.19. The maximum Gasteiger partial charge on any atom is 0.0897 e. The molecule has 0 aliphatic rings. The van der Waals surface area contributed by atoms with Gasteiger partial charge in [-0.15, -0.1) is 11.3 Å². The van der Waals surface area contributed by atoms with Gasteiger partial charge in [0.1, 0.15) is 0 Å². The number of benzene rings is 1. The zero-order chi connectivity index (χ0) is 12.3. The molecule has 1 aromatic heterocycles. The molecule has 2 nitrogen and oxygen atoms in total. The van der Waals surface area contributed by atoms with Crippen LogP contribution in [0, 0.1) is 13.8 Å². The summed E-state index contributed by atoms with van der Waals surface area (Å²) in [4.78, 5) is 4.45. The van der Waals surface area contributed by atoms with E-state index in [1.165, 1.54) is 11.1 Å². The molecule has 0 unspecified atom stereocenters. The van der Waals surface area contributed by atoms with Gasteiger partial charge >= 0.3 is 0 Å². The Bertz CT molecular complexity index is 490. The van der Waals surface area contributed by atoms with Gasteiger partial charge in [0.2, 0.25) is 0 Å². The van der Waals surface area contributed by atoms with Crippen molar-refractivity contribution in [1.29, 1.82) is 0 Å². The number of rotatable bonds is 4. The summed E-state index contributed by atoms with van der Waals surface area (Å²) in [5.74, 6) is 0. The van der Waals surface area contributed by atoms with Gasteiger partial charge in [-0.05, 0) is 31.9 Å². The van der Waals surface area contributed by atoms with Gasteiger partial charge in [-0.25, -0.2) is 4.98 Å². The molecular formula is C14H18N2S. The van der Waals surface area contributed by atoms with Crippen LogP contribution < -0.4 is 5.32 Å². The van der Waals surface area contributed by atoms with Crippen molar-refractivity contribution in [3.8, 4) is 0 Å². The number of hydrogen-bond donors (Lipinski definition) is 1. The number of hydrogen-bond acceptors (Lipinski definition) is 3. The van der Waals surface area contributed by atoms with Gasteiger partial charge in [0.05, 0.1) is 10.7 Å². The average molecular weight is 246 g/mol. The normalized spacial score (nSPS) is 12.6. The Kier molecular flexibility index (Phi) is 3.92. The van der Waals surface area contributed by atoms with Gasteiger partial charge in [0.25, 0.3) is 0 Å². The molecule has 1 N–H and O–H groups in total. The summed E-state index contributed by atoms with van der Waals surface area (Å²) in [5.41, 5.74) is 3.83. The maximum absolute atomic E-state index is 4.45. The van der Waals surface area contributed by atoms with Crippen LogP contribution >= 0.6 is 11.3 Å². The van der Waals surface area contributed by atoms with Crippen molar-refractivity contribution in [2.75, 3.05) is 0 Å². The molecule has 0 aliphatic carbocycles. The summed E-state index contributed by atoms with van der Waals surface area (Å²) >= 11 is 1.70. The van der Waals surface area contributed by atoms with Crippen LogP contribution in [0.2, 0.25) is 0 Å². The van der Waals surface area contributed by atoms with Crippen molar-refractivity contribution in [2.45, 2.75) is 33.4 Å². The predicted molar refractivity (Wildman–Crippen MR) is 73.3 cm³/mol. The van der Waals surface area contributed by atoms with E-state index in [2.05, 4.69) is 53.8 Å². The summed E-state index contributed by atoms with van der Waals surface area (Å²) in [6.07, 6.45) is 0. The maximum atomic E-state index is 4.45. The molecule has 90 valence electrons. The first-order valence-corrected chi connectivity index (χ1v) is 6.74. The van der Waals surface area contributed by atoms with Crippen molar-refractivity contribution >= 4 is 11.3 Å². The molecule has 1 atom stereocenters. The van der Waals surface area contributed by atoms with E-state index in [1.807, 2.05) is 6.92 Å². The lowest BCUT2D eigenvalue weighted by Gasteiger charge is -2.15. The molecule has 2 aromatic rings. The topological polar surface area (TPSA) is 24.9 Å². The number of nitrogens with zero attached hydrogens (tertiary/aromatic N) is 1. The highest BCUT2D eigenvalue weighted by atomic mass is 32.1. The molecule has 1 aromatic carbocycles. The SMILES string of the molecule is Cc1nc(CN[C@@H](C)c2ccccc2C)cs1. The van der Waals surface area contributed by atoms with Gasteiger partial charge in [0.15, 0.2) is 0 Å². The van der Waals surface area contributed by atoms with E-state index in [4.69, 9.17) is 0 Å². The van der Waals surface area contributed by atoms with Crippen molar-refractivity contribution < 1.29 is 0 Å². The van der Waals surface area contributed by atoms with E-state index in [1.54, 1.807) is 11.3 Å². The highest BCUT2D eigenvalue weighted by Crippen LogP contribution is 2.17. The first kappa shape index (κ1) is 12.3. The van der Waals surface area contributed by atoms with E-state index < -0.39 is 0 Å². The fourth-order valence-electron chi connectivity index (χ4n) is 1.93. The smallest absolute Gasteiger partial charge is 0.0897 e. The fourth-order valence-corrected chi connectivity index (χ4v) is 2.54. The minimum atomic E-state index is 0.359. The van der Waals surface area contributed by atoms with Crippen molar-refractivity contribution in [1.82, 2.24) is 10.3 Å². The average Bonchev–Trinajstić information content (AvgIpc) is 2.73. The van der Waals surface area contributed by atoms with Crippen molar-refractivity contribution in [2.24, 2.45) is 0 Å². The molecule has 0 saturated heterocycles. The Morgan fingerprint density at radius 2 is 2.06 bits per heavy atom. The van der Waals surface area contributed by atoms with E-state index in [-0.39, 0.29) is 0 Å². The molecule has 0 aliphatic heterocycles. The van der Waals surface area contributed by atoms with Crippen LogP contribution in [0.15, 0.2) is 29.6 Å². The molecule has 3 heteroatoms. The van der Waals surface area contributed by atoms with Gasteiger partial charge < -0.3 is 5.32 Å². The predicted octanol–water partition coefficient (Wildman–Crippen LogP) is 3.61. The Hall–Kier alpha value is -1.19. The van der Waals surface area contributed by atoms with E-state index in [9.17, 15) is 0 Å². The first-order chi connectivity index (χ1) is 8.16. The molecule has 0 saturated carbocycles. The summed E-state index contributed by atoms with van der Waals surface area (Å²) < 4.78 is 0. The Balaban J connectivity index is 1.98. The van der Waals surface area contributed by atoms with Crippen LogP contribution in [0.25, 0.3) is 0 Å². The van der Waals surface area contributed by atoms with E-state index in [0.29, 0.717) is 6.04 Å². The second-order valence-corrected chi connectivity index (χ2v) is 5.38. The molecule has 17 heavy (non-hydrogen) atoms. The standard InChI is InChI=1S/C14H18N2S/c1-10-6-4-5-7-14(10)11(2)15-8-13-9-17-12(3)16-13/h4-7,9,11,15H,8H2,1-3H3/t11-/m0/s1. The second-order valence-electron chi connectivity index (χ2n) is 4.32. The molecule has 1 heterocycles. The van der Waals surface area contributed by atoms with Crippen LogP contribution in [0.4, 0.5) is 0 Å². The number of aryl methyl sites for hydroxylation is 2. The minimum absolute atomic E-state index is 0.359. The van der Waals surface area contributed by atoms with E-state index >= 15 is 0 Å². The van der Waals surface area contributed by atoms with Crippen LogP contribution in [-0.2, 0) is 6.54 Å². The number of aromatic nitrogens is 1. The Labute approximate surface area is 107 Å². The van der Waals surface area contributed by atoms with Crippen LogP contribution in [0.3, 0.4) is 0 Å². The van der Waals surface area contributed by atoms with Crippen LogP contribution in [0.1, 0.15) is 34.8 Å². The molecule has 0 amide bonds. The van der Waals surface area contributed by atoms with Crippen LogP contribution in [-0.4, -0.2) is 4.98 Å². The third-order valence-corrected chi connectivity index (χ3v) is 3.73. The van der Waals surface area contributed by atoms with Gasteiger partial charge in [-0.1, -0.05) is 24.3 Å². The number of thiazole rings is 1. The summed E-state index contributed by atoms with van der Waals surface area (Å²) in [7, 11) is 0. The summed E-state index contributed by atoms with van der Waals surface area (Å²) in [6.45, 7) is 7.22. The highest BCUT2D eigenvalue weighted by molar-refractivity contribution is 7.09. The third kappa shape index (κ3) is 3.14. The van der Waals surface area contributed by atoms with E-state index in [0.717, 1.165) is 17.2 Å². The number of nitrogens with one attached hydrogen (secondary N) is 1. The third-order valence-electron chi connectivity index (χ3n) is 2.91. The monoisotopic (exact) mass is 246 g/mol. The lowest BCUT2D eigenvalue weighted by molar-refractivity contribution is 0.566. The largest absolute Gasteiger partial charge is 0.305 e. The molecule has 0 spiro atoms. The molecular weight excluding hydrogens is 228 g/mol. The zero-order valence-corrected chi connectivity index (χ0v) is 11.3. The molecule has 0 fully saturated rings. The fraction of sp³-hybridized carbons (Fsp3) is 0.357. The van der Waals surface area contributed by atoms with Gasteiger partial charge in [0, 0.05) is 18.0 Å². The van der Waals surface area contributed by atoms with Crippen molar-refractivity contribution in [3.05, 3.63) is 51.5 Å². The van der Waals surface area contributed by atoms with Gasteiger partial charge in [-0.2, -0.15) is 0 Å². The molecule has 2 rings (SSSR count). The highest BCUT2D eigenvalue weighted by Gasteiger charge is 2.07. The van der Waals surface area contributed by atoms with Crippen molar-refractivity contribution in [3.63, 3.8) is 0 Å². The zero-order valence-electron chi connectivity index (χ0n) is 10.5. The summed E-state index contributed by atoms with van der Waals surface area (Å²) in [6, 6.07) is 8.86. The quantitative estimate of drug-likeness (QED) is 0.891. The Morgan fingerprint density at radius 1 is 1.29 bits per heavy atom. The minimum Gasteiger partial charge on any atom is -0.305 e. The molecule has 0 bridgehead atoms. The first-order valence-electron chi connectivity index (χ1n) is 5.86. The lowest BCUT2D eigenvalue weighted by atomic mass is 10.0. The van der Waals surface area contributed by atoms with Gasteiger partial charge in [-0.3, -0.25) is 0 Å². The summed E-state index contributed by atoms with van der Waals surface area (Å²) in [5, 5.41) is 6.76. The Morgan fingerprint density at radius 3 is 2.71 bits per heavy atom. The molecule has 0 radical (unpaired) electrons. The van der Waals surface area contributed by atoms with Crippen LogP contribution in [0.5, 0.6) is 0 Å².